The molecule has 1 amide bonds. The lowest BCUT2D eigenvalue weighted by Crippen LogP contribution is -2.55. The molecule has 3 N–H and O–H groups in total. The zero-order valence-corrected chi connectivity index (χ0v) is 15.3. The molecule has 0 aliphatic carbocycles. The molecule has 1 fully saturated rings. The number of aryl methyl sites for hydroxylation is 1. The van der Waals surface area contributed by atoms with E-state index >= 15 is 0 Å². The molecule has 2 aromatic carbocycles. The van der Waals surface area contributed by atoms with E-state index in [1.54, 1.807) is 13.0 Å². The summed E-state index contributed by atoms with van der Waals surface area (Å²) in [6.07, 6.45) is 1.88. The molecule has 0 radical (unpaired) electrons. The summed E-state index contributed by atoms with van der Waals surface area (Å²) in [7, 11) is 0. The van der Waals surface area contributed by atoms with E-state index in [2.05, 4.69) is 10.2 Å². The number of rotatable bonds is 4. The Hall–Kier alpha value is -2.40. The van der Waals surface area contributed by atoms with Gasteiger partial charge >= 0.3 is 0 Å². The van der Waals surface area contributed by atoms with E-state index in [1.165, 1.54) is 6.07 Å². The minimum atomic E-state index is -1.07. The molecule has 2 aromatic rings. The summed E-state index contributed by atoms with van der Waals surface area (Å²) >= 11 is 0. The molecule has 4 nitrogen and oxygen atoms in total. The van der Waals surface area contributed by atoms with Crippen molar-refractivity contribution in [3.05, 3.63) is 65.5 Å². The van der Waals surface area contributed by atoms with Crippen molar-refractivity contribution in [3.8, 4) is 0 Å². The van der Waals surface area contributed by atoms with Crippen LogP contribution >= 0.6 is 0 Å². The third-order valence-electron chi connectivity index (χ3n) is 5.10. The van der Waals surface area contributed by atoms with Gasteiger partial charge in [-0.1, -0.05) is 30.3 Å². The minimum absolute atomic E-state index is 0.0206. The summed E-state index contributed by atoms with van der Waals surface area (Å²) in [6.45, 7) is 5.25. The van der Waals surface area contributed by atoms with Crippen LogP contribution in [0.1, 0.15) is 30.9 Å². The van der Waals surface area contributed by atoms with Gasteiger partial charge in [-0.05, 0) is 56.0 Å². The second-order valence-corrected chi connectivity index (χ2v) is 7.26. The highest BCUT2D eigenvalue weighted by Crippen LogP contribution is 2.25. The zero-order chi connectivity index (χ0) is 18.7. The molecule has 138 valence electrons. The Morgan fingerprint density at radius 3 is 2.69 bits per heavy atom. The maximum atomic E-state index is 13.4. The summed E-state index contributed by atoms with van der Waals surface area (Å²) in [4.78, 5) is 15.0. The lowest BCUT2D eigenvalue weighted by atomic mass is 9.91. The fourth-order valence-corrected chi connectivity index (χ4v) is 3.54. The molecule has 0 spiro atoms. The first-order chi connectivity index (χ1) is 12.4. The second kappa shape index (κ2) is 7.46. The number of piperidine rings is 1. The highest BCUT2D eigenvalue weighted by Gasteiger charge is 2.33. The molecular formula is C21H26FN3O. The van der Waals surface area contributed by atoms with Gasteiger partial charge < -0.3 is 16.0 Å². The number of nitrogens with one attached hydrogen (secondary N) is 1. The smallest absolute Gasteiger partial charge is 0.244 e. The van der Waals surface area contributed by atoms with E-state index in [9.17, 15) is 9.18 Å². The van der Waals surface area contributed by atoms with Crippen LogP contribution < -0.4 is 16.0 Å². The molecule has 1 aliphatic heterocycles. The van der Waals surface area contributed by atoms with Crippen LogP contribution in [0.25, 0.3) is 0 Å². The van der Waals surface area contributed by atoms with Crippen LogP contribution in [0.5, 0.6) is 0 Å². The maximum absolute atomic E-state index is 13.4. The number of halogens is 1. The van der Waals surface area contributed by atoms with E-state index in [1.807, 2.05) is 43.3 Å². The van der Waals surface area contributed by atoms with E-state index in [0.29, 0.717) is 6.54 Å². The van der Waals surface area contributed by atoms with Gasteiger partial charge in [0.15, 0.2) is 0 Å². The number of hydrogen-bond acceptors (Lipinski definition) is 3. The number of carbonyl (C=O) groups excluding carboxylic acids is 1. The average molecular weight is 355 g/mol. The molecule has 1 aliphatic rings. The third kappa shape index (κ3) is 3.88. The predicted molar refractivity (Wildman–Crippen MR) is 102 cm³/mol. The maximum Gasteiger partial charge on any atom is 0.244 e. The van der Waals surface area contributed by atoms with Crippen molar-refractivity contribution in [2.75, 3.05) is 18.0 Å². The van der Waals surface area contributed by atoms with Gasteiger partial charge in [0.2, 0.25) is 5.91 Å². The number of anilines is 1. The largest absolute Gasteiger partial charge is 0.369 e. The van der Waals surface area contributed by atoms with E-state index in [-0.39, 0.29) is 17.8 Å². The predicted octanol–water partition coefficient (Wildman–Crippen LogP) is 3.09. The number of nitrogens with zero attached hydrogens (tertiary/aromatic N) is 1. The second-order valence-electron chi connectivity index (χ2n) is 7.26. The van der Waals surface area contributed by atoms with Crippen LogP contribution in [0, 0.1) is 12.7 Å². The standard InChI is InChI=1S/C21H26FN3O/c1-15-13-17(22)10-11-19(15)25-12-6-9-18(14-25)24-20(26)21(2,23)16-7-4-3-5-8-16/h3-5,7-8,10-11,13,18H,6,9,12,14,23H2,1-2H3,(H,24,26). The normalized spacial score (nSPS) is 19.7. The fraction of sp³-hybridized carbons (Fsp3) is 0.381. The van der Waals surface area contributed by atoms with E-state index in [0.717, 1.165) is 36.2 Å². The van der Waals surface area contributed by atoms with Crippen molar-refractivity contribution in [3.63, 3.8) is 0 Å². The quantitative estimate of drug-likeness (QED) is 0.886. The first-order valence-electron chi connectivity index (χ1n) is 9.04. The lowest BCUT2D eigenvalue weighted by Gasteiger charge is -2.37. The summed E-state index contributed by atoms with van der Waals surface area (Å²) < 4.78 is 13.4. The summed E-state index contributed by atoms with van der Waals surface area (Å²) in [5.41, 5.74) is 7.96. The Morgan fingerprint density at radius 1 is 1.27 bits per heavy atom. The number of amides is 1. The fourth-order valence-electron chi connectivity index (χ4n) is 3.54. The van der Waals surface area contributed by atoms with Crippen molar-refractivity contribution in [2.24, 2.45) is 5.73 Å². The molecular weight excluding hydrogens is 329 g/mol. The molecule has 0 bridgehead atoms. The first-order valence-corrected chi connectivity index (χ1v) is 9.04. The zero-order valence-electron chi connectivity index (χ0n) is 15.3. The molecule has 1 saturated heterocycles. The summed E-state index contributed by atoms with van der Waals surface area (Å²) in [5, 5.41) is 3.11. The number of carbonyl (C=O) groups is 1. The van der Waals surface area contributed by atoms with E-state index < -0.39 is 5.54 Å². The molecule has 2 atom stereocenters. The minimum Gasteiger partial charge on any atom is -0.369 e. The van der Waals surface area contributed by atoms with Gasteiger partial charge in [-0.25, -0.2) is 4.39 Å². The average Bonchev–Trinajstić information content (AvgIpc) is 2.62. The van der Waals surface area contributed by atoms with Crippen molar-refractivity contribution >= 4 is 11.6 Å². The molecule has 0 saturated carbocycles. The lowest BCUT2D eigenvalue weighted by molar-refractivity contribution is -0.126. The van der Waals surface area contributed by atoms with Crippen molar-refractivity contribution in [1.29, 1.82) is 0 Å². The monoisotopic (exact) mass is 355 g/mol. The van der Waals surface area contributed by atoms with Gasteiger partial charge in [-0.2, -0.15) is 0 Å². The van der Waals surface area contributed by atoms with Crippen LogP contribution in [0.4, 0.5) is 10.1 Å². The molecule has 3 rings (SSSR count). The third-order valence-corrected chi connectivity index (χ3v) is 5.10. The molecule has 0 aromatic heterocycles. The Morgan fingerprint density at radius 2 is 2.00 bits per heavy atom. The topological polar surface area (TPSA) is 58.4 Å². The number of hydrogen-bond donors (Lipinski definition) is 2. The highest BCUT2D eigenvalue weighted by atomic mass is 19.1. The summed E-state index contributed by atoms with van der Waals surface area (Å²) in [6, 6.07) is 14.3. The van der Waals surface area contributed by atoms with Gasteiger partial charge in [-0.15, -0.1) is 0 Å². The number of nitrogens with two attached hydrogens (primary N) is 1. The van der Waals surface area contributed by atoms with Crippen LogP contribution in [-0.2, 0) is 10.3 Å². The van der Waals surface area contributed by atoms with Crippen molar-refractivity contribution in [1.82, 2.24) is 5.32 Å². The SMILES string of the molecule is Cc1cc(F)ccc1N1CCCC(NC(=O)C(C)(N)c2ccccc2)C1. The van der Waals surface area contributed by atoms with Crippen molar-refractivity contribution in [2.45, 2.75) is 38.3 Å². The van der Waals surface area contributed by atoms with Gasteiger partial charge in [0.1, 0.15) is 11.4 Å². The Kier molecular flexibility index (Phi) is 5.28. The van der Waals surface area contributed by atoms with Crippen LogP contribution in [0.3, 0.4) is 0 Å². The van der Waals surface area contributed by atoms with Crippen LogP contribution in [-0.4, -0.2) is 25.0 Å². The molecule has 26 heavy (non-hydrogen) atoms. The highest BCUT2D eigenvalue weighted by molar-refractivity contribution is 5.87. The first kappa shape index (κ1) is 18.4. The van der Waals surface area contributed by atoms with Gasteiger partial charge in [0.05, 0.1) is 0 Å². The molecule has 2 unspecified atom stereocenters. The number of benzene rings is 2. The van der Waals surface area contributed by atoms with Gasteiger partial charge in [-0.3, -0.25) is 4.79 Å². The van der Waals surface area contributed by atoms with Gasteiger partial charge in [0.25, 0.3) is 0 Å². The Balaban J connectivity index is 1.69. The van der Waals surface area contributed by atoms with Crippen molar-refractivity contribution < 1.29 is 9.18 Å². The van der Waals surface area contributed by atoms with Crippen LogP contribution in [0.2, 0.25) is 0 Å². The van der Waals surface area contributed by atoms with Gasteiger partial charge in [0, 0.05) is 24.8 Å². The van der Waals surface area contributed by atoms with Crippen LogP contribution in [0.15, 0.2) is 48.5 Å². The summed E-state index contributed by atoms with van der Waals surface area (Å²) in [5.74, 6) is -0.402. The molecule has 1 heterocycles. The molecule has 5 heteroatoms. The Labute approximate surface area is 154 Å². The Bertz CT molecular complexity index is 776. The van der Waals surface area contributed by atoms with E-state index in [4.69, 9.17) is 5.73 Å².